The molecule has 0 spiro atoms. The molecule has 2 rings (SSSR count). The fourth-order valence-corrected chi connectivity index (χ4v) is 2.04. The third kappa shape index (κ3) is 6.22. The van der Waals surface area contributed by atoms with Gasteiger partial charge in [0.2, 0.25) is 0 Å². The van der Waals surface area contributed by atoms with Crippen LogP contribution in [0.3, 0.4) is 0 Å². The van der Waals surface area contributed by atoms with Gasteiger partial charge in [-0.25, -0.2) is 0 Å². The van der Waals surface area contributed by atoms with Crippen LogP contribution >= 0.6 is 0 Å². The van der Waals surface area contributed by atoms with Crippen LogP contribution in [0.2, 0.25) is 0 Å². The molecule has 0 unspecified atom stereocenters. The van der Waals surface area contributed by atoms with Gasteiger partial charge in [-0.2, -0.15) is 0 Å². The van der Waals surface area contributed by atoms with Gasteiger partial charge in [0.25, 0.3) is 0 Å². The molecule has 0 bridgehead atoms. The minimum atomic E-state index is 0.163. The summed E-state index contributed by atoms with van der Waals surface area (Å²) in [7, 11) is 0. The second-order valence-electron chi connectivity index (χ2n) is 6.71. The van der Waals surface area contributed by atoms with Crippen molar-refractivity contribution in [3.8, 4) is 0 Å². The first-order valence-corrected chi connectivity index (χ1v) is 7.43. The van der Waals surface area contributed by atoms with E-state index in [1.54, 1.807) is 0 Å². The van der Waals surface area contributed by atoms with Gasteiger partial charge in [-0.1, -0.05) is 37.1 Å². The molecule has 2 nitrogen and oxygen atoms in total. The molecule has 0 aromatic heterocycles. The van der Waals surface area contributed by atoms with Crippen molar-refractivity contribution in [2.24, 2.45) is 5.92 Å². The Hall–Kier alpha value is -0.860. The summed E-state index contributed by atoms with van der Waals surface area (Å²) in [5, 5.41) is 3.52. The Morgan fingerprint density at radius 2 is 1.95 bits per heavy atom. The lowest BCUT2D eigenvalue weighted by molar-refractivity contribution is 0.115. The van der Waals surface area contributed by atoms with Crippen LogP contribution < -0.4 is 5.32 Å². The van der Waals surface area contributed by atoms with Crippen LogP contribution in [0.1, 0.15) is 51.2 Å². The summed E-state index contributed by atoms with van der Waals surface area (Å²) >= 11 is 0. The smallest absolute Gasteiger partial charge is 0.0716 e. The maximum Gasteiger partial charge on any atom is 0.0716 e. The summed E-state index contributed by atoms with van der Waals surface area (Å²) in [5.41, 5.74) is 2.78. The first kappa shape index (κ1) is 14.5. The average Bonchev–Trinajstić information content (AvgIpc) is 3.16. The highest BCUT2D eigenvalue weighted by Crippen LogP contribution is 2.32. The van der Waals surface area contributed by atoms with Gasteiger partial charge in [0, 0.05) is 18.7 Å². The molecule has 0 saturated heterocycles. The zero-order chi connectivity index (χ0) is 13.7. The molecule has 0 aliphatic heterocycles. The van der Waals surface area contributed by atoms with Gasteiger partial charge in [-0.05, 0) is 44.2 Å². The number of hydrogen-bond donors (Lipinski definition) is 1. The van der Waals surface area contributed by atoms with Crippen LogP contribution in [0.25, 0.3) is 0 Å². The van der Waals surface area contributed by atoms with E-state index in [0.29, 0.717) is 0 Å². The van der Waals surface area contributed by atoms with Crippen molar-refractivity contribution in [2.75, 3.05) is 6.61 Å². The molecule has 1 aliphatic rings. The van der Waals surface area contributed by atoms with E-state index >= 15 is 0 Å². The van der Waals surface area contributed by atoms with Crippen LogP contribution in [-0.4, -0.2) is 12.1 Å². The molecule has 1 aliphatic carbocycles. The highest BCUT2D eigenvalue weighted by Gasteiger charge is 2.20. The van der Waals surface area contributed by atoms with Crippen molar-refractivity contribution in [3.63, 3.8) is 0 Å². The second kappa shape index (κ2) is 6.53. The largest absolute Gasteiger partial charge is 0.377 e. The van der Waals surface area contributed by atoms with Gasteiger partial charge in [0.05, 0.1) is 6.61 Å². The van der Waals surface area contributed by atoms with Crippen molar-refractivity contribution in [2.45, 2.75) is 58.7 Å². The van der Waals surface area contributed by atoms with E-state index in [-0.39, 0.29) is 5.54 Å². The number of ether oxygens (including phenoxy) is 1. The Balaban J connectivity index is 1.73. The lowest BCUT2D eigenvalue weighted by atomic mass is 10.1. The molecular formula is C17H27NO. The highest BCUT2D eigenvalue weighted by molar-refractivity contribution is 5.23. The van der Waals surface area contributed by atoms with Crippen LogP contribution in [0.5, 0.6) is 0 Å². The van der Waals surface area contributed by atoms with E-state index in [9.17, 15) is 0 Å². The van der Waals surface area contributed by atoms with E-state index in [0.717, 1.165) is 25.7 Å². The van der Waals surface area contributed by atoms with E-state index in [1.807, 2.05) is 0 Å². The molecule has 0 radical (unpaired) electrons. The van der Waals surface area contributed by atoms with Gasteiger partial charge < -0.3 is 10.1 Å². The van der Waals surface area contributed by atoms with Crippen molar-refractivity contribution < 1.29 is 4.74 Å². The molecule has 1 aromatic carbocycles. The maximum absolute atomic E-state index is 5.75. The summed E-state index contributed by atoms with van der Waals surface area (Å²) in [6.07, 6.45) is 4.07. The van der Waals surface area contributed by atoms with Gasteiger partial charge in [0.15, 0.2) is 0 Å². The molecule has 2 heteroatoms. The van der Waals surface area contributed by atoms with E-state index in [2.05, 4.69) is 50.4 Å². The summed E-state index contributed by atoms with van der Waals surface area (Å²) < 4.78 is 5.75. The summed E-state index contributed by atoms with van der Waals surface area (Å²) in [6, 6.07) is 8.69. The van der Waals surface area contributed by atoms with Crippen molar-refractivity contribution in [1.82, 2.24) is 5.32 Å². The lowest BCUT2D eigenvalue weighted by Crippen LogP contribution is -2.35. The second-order valence-corrected chi connectivity index (χ2v) is 6.71. The third-order valence-electron chi connectivity index (χ3n) is 3.45. The van der Waals surface area contributed by atoms with Gasteiger partial charge in [0.1, 0.15) is 0 Å². The molecule has 1 saturated carbocycles. The first-order chi connectivity index (χ1) is 9.03. The van der Waals surface area contributed by atoms with Crippen molar-refractivity contribution in [1.29, 1.82) is 0 Å². The summed E-state index contributed by atoms with van der Waals surface area (Å²) in [4.78, 5) is 0. The molecule has 106 valence electrons. The van der Waals surface area contributed by atoms with Crippen LogP contribution in [0.4, 0.5) is 0 Å². The minimum absolute atomic E-state index is 0.163. The fourth-order valence-electron chi connectivity index (χ4n) is 2.04. The Kier molecular flexibility index (Phi) is 5.00. The molecule has 0 heterocycles. The van der Waals surface area contributed by atoms with E-state index < -0.39 is 0 Å². The molecule has 0 amide bonds. The van der Waals surface area contributed by atoms with E-state index in [4.69, 9.17) is 4.74 Å². The number of hydrogen-bond acceptors (Lipinski definition) is 2. The molecular weight excluding hydrogens is 234 g/mol. The number of rotatable bonds is 7. The zero-order valence-corrected chi connectivity index (χ0v) is 12.5. The fraction of sp³-hybridized carbons (Fsp3) is 0.647. The van der Waals surface area contributed by atoms with Gasteiger partial charge >= 0.3 is 0 Å². The van der Waals surface area contributed by atoms with Crippen LogP contribution in [0, 0.1) is 5.92 Å². The Morgan fingerprint density at radius 1 is 1.21 bits per heavy atom. The zero-order valence-electron chi connectivity index (χ0n) is 12.5. The minimum Gasteiger partial charge on any atom is -0.377 e. The Morgan fingerprint density at radius 3 is 2.63 bits per heavy atom. The van der Waals surface area contributed by atoms with Gasteiger partial charge in [-0.15, -0.1) is 0 Å². The molecule has 1 fully saturated rings. The summed E-state index contributed by atoms with van der Waals surface area (Å²) in [6.45, 7) is 9.15. The standard InChI is InChI=1S/C17H27NO/c1-17(2,3)18-12-15-5-4-6-16(11-15)13-19-10-9-14-7-8-14/h4-6,11,14,18H,7-10,12-13H2,1-3H3. The van der Waals surface area contributed by atoms with Crippen molar-refractivity contribution >= 4 is 0 Å². The van der Waals surface area contributed by atoms with Gasteiger partial charge in [-0.3, -0.25) is 0 Å². The SMILES string of the molecule is CC(C)(C)NCc1cccc(COCCC2CC2)c1. The Labute approximate surface area is 117 Å². The number of nitrogens with one attached hydrogen (secondary N) is 1. The maximum atomic E-state index is 5.75. The van der Waals surface area contributed by atoms with Crippen LogP contribution in [-0.2, 0) is 17.9 Å². The average molecular weight is 261 g/mol. The predicted octanol–water partition coefficient (Wildman–Crippen LogP) is 3.89. The Bertz CT molecular complexity index is 390. The normalized spacial score (nSPS) is 15.7. The lowest BCUT2D eigenvalue weighted by Gasteiger charge is -2.20. The quantitative estimate of drug-likeness (QED) is 0.752. The van der Waals surface area contributed by atoms with Crippen molar-refractivity contribution in [3.05, 3.63) is 35.4 Å². The molecule has 19 heavy (non-hydrogen) atoms. The summed E-state index contributed by atoms with van der Waals surface area (Å²) in [5.74, 6) is 0.960. The first-order valence-electron chi connectivity index (χ1n) is 7.43. The van der Waals surface area contributed by atoms with E-state index in [1.165, 1.54) is 30.4 Å². The molecule has 1 aromatic rings. The van der Waals surface area contributed by atoms with Crippen LogP contribution in [0.15, 0.2) is 24.3 Å². The highest BCUT2D eigenvalue weighted by atomic mass is 16.5. The predicted molar refractivity (Wildman–Crippen MR) is 80.0 cm³/mol. The topological polar surface area (TPSA) is 21.3 Å². The molecule has 0 atom stereocenters. The number of benzene rings is 1. The monoisotopic (exact) mass is 261 g/mol. The molecule has 1 N–H and O–H groups in total. The third-order valence-corrected chi connectivity index (χ3v) is 3.45.